The number of benzene rings is 1. The Kier molecular flexibility index (Phi) is 16.8. The molecule has 3 rings (SSSR count). The summed E-state index contributed by atoms with van der Waals surface area (Å²) in [5, 5.41) is 28.8. The van der Waals surface area contributed by atoms with Crippen LogP contribution in [0.15, 0.2) is 11.7 Å². The molecule has 1 aromatic carbocycles. The molecule has 264 valence electrons. The van der Waals surface area contributed by atoms with E-state index < -0.39 is 44.1 Å². The summed E-state index contributed by atoms with van der Waals surface area (Å²) < 4.78 is 34.9. The molecule has 0 aliphatic carbocycles. The van der Waals surface area contributed by atoms with E-state index in [0.29, 0.717) is 23.5 Å². The van der Waals surface area contributed by atoms with Crippen molar-refractivity contribution in [2.45, 2.75) is 144 Å². The average molecular weight is 709 g/mol. The first-order valence-electron chi connectivity index (χ1n) is 16.9. The number of hydrogen-bond donors (Lipinski definition) is 4. The first-order chi connectivity index (χ1) is 21.5. The van der Waals surface area contributed by atoms with Gasteiger partial charge in [0.2, 0.25) is 5.78 Å². The van der Waals surface area contributed by atoms with Crippen LogP contribution in [0.5, 0.6) is 11.5 Å². The third-order valence-electron chi connectivity index (χ3n) is 9.70. The molecule has 0 spiro atoms. The van der Waals surface area contributed by atoms with Gasteiger partial charge in [-0.1, -0.05) is 72.6 Å². The SMILES string of the molecule is Cc1c(C)c2c(c(C)c1OP(=O)(O)OC1=C(O)O[C@H]([C@@H](O)CO)C1=O)CC[C@@](C)(CCC[C@H](C)CCC[C@H](C)CCCC(C)C)O2.[KH]. The van der Waals surface area contributed by atoms with E-state index in [1.165, 1.54) is 44.9 Å². The maximum atomic E-state index is 13.0. The fraction of sp³-hybridized carbons (Fsp3) is 0.743. The van der Waals surface area contributed by atoms with E-state index >= 15 is 0 Å². The fourth-order valence-corrected chi connectivity index (χ4v) is 7.48. The van der Waals surface area contributed by atoms with Crippen LogP contribution in [0.4, 0.5) is 0 Å². The zero-order chi connectivity index (χ0) is 34.4. The van der Waals surface area contributed by atoms with Crippen LogP contribution in [0.3, 0.4) is 0 Å². The number of hydrogen-bond acceptors (Lipinski definition) is 9. The van der Waals surface area contributed by atoms with Gasteiger partial charge in [-0.15, -0.1) is 0 Å². The van der Waals surface area contributed by atoms with Crippen LogP contribution in [0, 0.1) is 38.5 Å². The van der Waals surface area contributed by atoms with Crippen molar-refractivity contribution >= 4 is 65.0 Å². The number of aliphatic hydroxyl groups excluding tert-OH is 3. The Labute approximate surface area is 324 Å². The van der Waals surface area contributed by atoms with Gasteiger partial charge in [-0.2, -0.15) is 0 Å². The molecule has 6 atom stereocenters. The topological polar surface area (TPSA) is 152 Å². The van der Waals surface area contributed by atoms with Crippen LogP contribution in [-0.4, -0.2) is 102 Å². The van der Waals surface area contributed by atoms with E-state index in [-0.39, 0.29) is 62.7 Å². The van der Waals surface area contributed by atoms with E-state index in [9.17, 15) is 24.5 Å². The Morgan fingerprint density at radius 1 is 0.936 bits per heavy atom. The van der Waals surface area contributed by atoms with Crippen molar-refractivity contribution in [3.63, 3.8) is 0 Å². The van der Waals surface area contributed by atoms with Gasteiger partial charge in [-0.05, 0) is 87.8 Å². The van der Waals surface area contributed by atoms with Crippen molar-refractivity contribution in [1.29, 1.82) is 0 Å². The summed E-state index contributed by atoms with van der Waals surface area (Å²) in [4.78, 5) is 23.0. The summed E-state index contributed by atoms with van der Waals surface area (Å²) in [6, 6.07) is 0. The van der Waals surface area contributed by atoms with Crippen molar-refractivity contribution in [2.24, 2.45) is 17.8 Å². The average Bonchev–Trinajstić information content (AvgIpc) is 3.25. The zero-order valence-corrected chi connectivity index (χ0v) is 30.0. The predicted octanol–water partition coefficient (Wildman–Crippen LogP) is 7.03. The van der Waals surface area contributed by atoms with Crippen molar-refractivity contribution in [3.8, 4) is 11.5 Å². The molecular formula is C35H58KO10P. The molecule has 0 bridgehead atoms. The number of ketones is 1. The summed E-state index contributed by atoms with van der Waals surface area (Å²) in [5.41, 5.74) is 2.57. The van der Waals surface area contributed by atoms with E-state index in [2.05, 4.69) is 34.6 Å². The summed E-state index contributed by atoms with van der Waals surface area (Å²) >= 11 is 0. The minimum atomic E-state index is -4.99. The third-order valence-corrected chi connectivity index (χ3v) is 10.5. The quantitative estimate of drug-likeness (QED) is 0.0924. The summed E-state index contributed by atoms with van der Waals surface area (Å²) in [5.74, 6) is 0.0670. The summed E-state index contributed by atoms with van der Waals surface area (Å²) in [6.45, 7) is 16.1. The Morgan fingerprint density at radius 3 is 2.09 bits per heavy atom. The van der Waals surface area contributed by atoms with Gasteiger partial charge < -0.3 is 33.8 Å². The number of phosphoric ester groups is 1. The van der Waals surface area contributed by atoms with Crippen LogP contribution in [0.1, 0.15) is 121 Å². The fourth-order valence-electron chi connectivity index (χ4n) is 6.54. The second-order valence-corrected chi connectivity index (χ2v) is 15.7. The van der Waals surface area contributed by atoms with Crippen LogP contribution in [0.25, 0.3) is 0 Å². The third kappa shape index (κ3) is 11.7. The van der Waals surface area contributed by atoms with Gasteiger partial charge in [0.25, 0.3) is 5.76 Å². The molecule has 0 aromatic heterocycles. The molecule has 4 N–H and O–H groups in total. The standard InChI is InChI=1S/C35H57O10P.K.H/c1-21(2)12-9-13-22(3)14-10-15-23(4)16-11-18-35(8)19-17-27-26(7)30(24(5)25(6)31(27)43-35)44-46(40,41)45-33-29(38)32(28(37)20-36)42-34(33)39;;/h21-23,28,32,36-37,39H,9-20H2,1-8H3,(H,40,41);;/t22-,23-,28+,32-,35-;;/m1../s1. The van der Waals surface area contributed by atoms with Gasteiger partial charge >= 0.3 is 65.2 Å². The molecule has 1 unspecified atom stereocenters. The van der Waals surface area contributed by atoms with Crippen molar-refractivity contribution in [1.82, 2.24) is 0 Å². The Morgan fingerprint density at radius 2 is 1.51 bits per heavy atom. The number of phosphoric acid groups is 1. The molecule has 2 aliphatic heterocycles. The second-order valence-electron chi connectivity index (χ2n) is 14.4. The van der Waals surface area contributed by atoms with E-state index in [4.69, 9.17) is 23.6 Å². The van der Waals surface area contributed by atoms with E-state index in [1.807, 2.05) is 6.92 Å². The molecule has 12 heteroatoms. The molecule has 10 nitrogen and oxygen atoms in total. The van der Waals surface area contributed by atoms with Crippen molar-refractivity contribution in [3.05, 3.63) is 34.0 Å². The number of Topliss-reactive ketones (excluding diaryl/α,β-unsaturated/α-hetero) is 1. The van der Waals surface area contributed by atoms with Crippen LogP contribution < -0.4 is 9.26 Å². The van der Waals surface area contributed by atoms with Crippen LogP contribution >= 0.6 is 7.82 Å². The summed E-state index contributed by atoms with van der Waals surface area (Å²) in [6.07, 6.45) is 9.22. The molecule has 0 saturated carbocycles. The first-order valence-corrected chi connectivity index (χ1v) is 18.4. The van der Waals surface area contributed by atoms with Crippen molar-refractivity contribution < 1.29 is 48.1 Å². The normalized spacial score (nSPS) is 22.5. The molecule has 0 saturated heterocycles. The monoisotopic (exact) mass is 708 g/mol. The van der Waals surface area contributed by atoms with Gasteiger partial charge in [0.15, 0.2) is 6.10 Å². The predicted molar refractivity (Wildman–Crippen MR) is 184 cm³/mol. The molecule has 47 heavy (non-hydrogen) atoms. The Bertz CT molecular complexity index is 1300. The molecular weight excluding hydrogens is 650 g/mol. The van der Waals surface area contributed by atoms with Gasteiger partial charge in [-0.3, -0.25) is 9.69 Å². The van der Waals surface area contributed by atoms with Crippen LogP contribution in [-0.2, 0) is 25.0 Å². The van der Waals surface area contributed by atoms with Gasteiger partial charge in [0.1, 0.15) is 23.2 Å². The maximum absolute atomic E-state index is 13.0. The van der Waals surface area contributed by atoms with E-state index in [1.54, 1.807) is 13.8 Å². The number of carbonyl (C=O) groups is 1. The Balaban J connectivity index is 0.00000768. The minimum absolute atomic E-state index is 0. The first kappa shape index (κ1) is 42.5. The molecule has 0 radical (unpaired) electrons. The van der Waals surface area contributed by atoms with Crippen LogP contribution in [0.2, 0.25) is 0 Å². The number of fused-ring (bicyclic) bond motifs is 1. The number of aliphatic hydroxyl groups is 3. The summed E-state index contributed by atoms with van der Waals surface area (Å²) in [7, 11) is -4.99. The molecule has 1 aromatic rings. The molecule has 0 fully saturated rings. The molecule has 2 aliphatic rings. The molecule has 0 amide bonds. The number of rotatable bonds is 18. The number of carbonyl (C=O) groups excluding carboxylic acids is 1. The second kappa shape index (κ2) is 18.6. The van der Waals surface area contributed by atoms with Gasteiger partial charge in [0.05, 0.1) is 6.61 Å². The zero-order valence-electron chi connectivity index (χ0n) is 29.1. The van der Waals surface area contributed by atoms with Gasteiger partial charge in [0, 0.05) is 5.56 Å². The Hall–Kier alpha value is -0.624. The number of ether oxygens (including phenoxy) is 2. The van der Waals surface area contributed by atoms with Gasteiger partial charge in [-0.25, -0.2) is 4.57 Å². The van der Waals surface area contributed by atoms with Crippen molar-refractivity contribution in [2.75, 3.05) is 6.61 Å². The molecule has 2 heterocycles. The van der Waals surface area contributed by atoms with E-state index in [0.717, 1.165) is 48.0 Å².